The summed E-state index contributed by atoms with van der Waals surface area (Å²) in [6, 6.07) is 21.4. The van der Waals surface area contributed by atoms with E-state index in [2.05, 4.69) is 64.1 Å². The van der Waals surface area contributed by atoms with Crippen molar-refractivity contribution in [2.75, 3.05) is 0 Å². The van der Waals surface area contributed by atoms with Crippen molar-refractivity contribution in [3.63, 3.8) is 0 Å². The zero-order valence-corrected chi connectivity index (χ0v) is 18.3. The summed E-state index contributed by atoms with van der Waals surface area (Å²) in [5, 5.41) is 4.53. The molecule has 0 unspecified atom stereocenters. The lowest BCUT2D eigenvalue weighted by molar-refractivity contribution is 0.412. The van der Waals surface area contributed by atoms with E-state index in [1.54, 1.807) is 0 Å². The van der Waals surface area contributed by atoms with Crippen LogP contribution in [0.5, 0.6) is 0 Å². The Morgan fingerprint density at radius 2 is 1.71 bits per heavy atom. The number of aryl methyl sites for hydroxylation is 1. The largest absolute Gasteiger partial charge is 0.455 e. The van der Waals surface area contributed by atoms with Gasteiger partial charge in [-0.15, -0.1) is 0 Å². The molecule has 0 amide bonds. The van der Waals surface area contributed by atoms with Crippen LogP contribution in [0.25, 0.3) is 32.7 Å². The fourth-order valence-electron chi connectivity index (χ4n) is 4.91. The Labute approximate surface area is 183 Å². The van der Waals surface area contributed by atoms with E-state index in [4.69, 9.17) is 10.8 Å². The van der Waals surface area contributed by atoms with Gasteiger partial charge < -0.3 is 4.42 Å². The van der Waals surface area contributed by atoms with Crippen molar-refractivity contribution in [3.8, 4) is 0 Å². The molecule has 0 aliphatic carbocycles. The van der Waals surface area contributed by atoms with Crippen LogP contribution in [0, 0.1) is 12.3 Å². The van der Waals surface area contributed by atoms with Gasteiger partial charge in [0.25, 0.3) is 0 Å². The van der Waals surface area contributed by atoms with Crippen LogP contribution in [0.3, 0.4) is 0 Å². The highest BCUT2D eigenvalue weighted by atomic mass is 16.3. The molecule has 0 N–H and O–H groups in total. The Bertz CT molecular complexity index is 1600. The molecule has 2 nitrogen and oxygen atoms in total. The highest BCUT2D eigenvalue weighted by Gasteiger charge is 2.25. The van der Waals surface area contributed by atoms with Crippen LogP contribution in [0.4, 0.5) is 5.69 Å². The number of aliphatic imine (C=N–C) groups is 1. The lowest BCUT2D eigenvalue weighted by atomic mass is 9.85. The van der Waals surface area contributed by atoms with E-state index in [1.807, 2.05) is 24.3 Å². The molecular weight excluding hydrogens is 378 g/mol. The third-order valence-corrected chi connectivity index (χ3v) is 6.11. The summed E-state index contributed by atoms with van der Waals surface area (Å²) in [7, 11) is 0. The predicted molar refractivity (Wildman–Crippen MR) is 131 cm³/mol. The van der Waals surface area contributed by atoms with E-state index in [-0.39, 0.29) is 5.41 Å². The molecule has 6 rings (SSSR count). The minimum Gasteiger partial charge on any atom is -0.455 e. The molecule has 0 spiro atoms. The molecule has 2 heterocycles. The maximum absolute atomic E-state index is 8.75. The predicted octanol–water partition coefficient (Wildman–Crippen LogP) is 8.12. The summed E-state index contributed by atoms with van der Waals surface area (Å²) < 4.78 is 15.1. The minimum atomic E-state index is 0.144. The molecule has 0 bridgehead atoms. The Morgan fingerprint density at radius 3 is 2.55 bits per heavy atom. The number of hydrogen-bond donors (Lipinski definition) is 0. The minimum absolute atomic E-state index is 0.144. The van der Waals surface area contributed by atoms with Gasteiger partial charge in [0.15, 0.2) is 0 Å². The monoisotopic (exact) mass is 404 g/mol. The molecule has 1 aromatic heterocycles. The van der Waals surface area contributed by atoms with E-state index in [9.17, 15) is 0 Å². The molecule has 0 atom stereocenters. The van der Waals surface area contributed by atoms with E-state index in [0.29, 0.717) is 6.04 Å². The Morgan fingerprint density at radius 1 is 0.903 bits per heavy atom. The molecule has 4 aromatic carbocycles. The van der Waals surface area contributed by atoms with Gasteiger partial charge in [-0.3, -0.25) is 0 Å². The Balaban J connectivity index is 1.64. The van der Waals surface area contributed by atoms with Gasteiger partial charge in [0, 0.05) is 27.3 Å². The van der Waals surface area contributed by atoms with Crippen LogP contribution in [0.1, 0.15) is 44.4 Å². The zero-order chi connectivity index (χ0) is 22.2. The fourth-order valence-corrected chi connectivity index (χ4v) is 4.91. The van der Waals surface area contributed by atoms with Crippen molar-refractivity contribution in [2.24, 2.45) is 10.4 Å². The lowest BCUT2D eigenvalue weighted by Crippen LogP contribution is -2.09. The van der Waals surface area contributed by atoms with Crippen LogP contribution in [-0.4, -0.2) is 5.71 Å². The summed E-state index contributed by atoms with van der Waals surface area (Å²) in [5.41, 5.74) is 8.05. The first-order valence-electron chi connectivity index (χ1n) is 11.4. The van der Waals surface area contributed by atoms with Crippen LogP contribution in [0.2, 0.25) is 0 Å². The fraction of sp³-hybridized carbons (Fsp3) is 0.207. The molecule has 31 heavy (non-hydrogen) atoms. The van der Waals surface area contributed by atoms with Crippen molar-refractivity contribution in [1.29, 1.82) is 0 Å². The second-order valence-corrected chi connectivity index (χ2v) is 9.88. The van der Waals surface area contributed by atoms with Gasteiger partial charge in [0.05, 0.1) is 12.8 Å². The molecule has 1 aliphatic rings. The van der Waals surface area contributed by atoms with Gasteiger partial charge >= 0.3 is 0 Å². The van der Waals surface area contributed by atoms with Crippen molar-refractivity contribution < 1.29 is 5.79 Å². The molecule has 5 aromatic rings. The number of para-hydroxylation sites is 1. The first-order chi connectivity index (χ1) is 15.3. The van der Waals surface area contributed by atoms with Gasteiger partial charge in [-0.1, -0.05) is 63.2 Å². The first kappa shape index (κ1) is 17.3. The van der Waals surface area contributed by atoms with Crippen molar-refractivity contribution in [3.05, 3.63) is 89.0 Å². The van der Waals surface area contributed by atoms with Crippen molar-refractivity contribution in [2.45, 2.75) is 34.1 Å². The number of furan rings is 1. The second-order valence-electron chi connectivity index (χ2n) is 9.88. The van der Waals surface area contributed by atoms with E-state index >= 15 is 0 Å². The summed E-state index contributed by atoms with van der Waals surface area (Å²) in [4.78, 5) is 5.03. The lowest BCUT2D eigenvalue weighted by Gasteiger charge is -2.19. The SMILES string of the molecule is [2H]c1cc(CC(C)(C)C)c2cccc3c2c1N=C3c1cc(C)cc2c1oc1ccccc12. The zero-order valence-electron chi connectivity index (χ0n) is 19.3. The van der Waals surface area contributed by atoms with Crippen LogP contribution >= 0.6 is 0 Å². The normalized spacial score (nSPS) is 13.9. The van der Waals surface area contributed by atoms with E-state index in [1.165, 1.54) is 16.5 Å². The smallest absolute Gasteiger partial charge is 0.144 e. The first-order valence-corrected chi connectivity index (χ1v) is 10.9. The average molecular weight is 405 g/mol. The number of nitrogens with zero attached hydrogens (tertiary/aromatic N) is 1. The number of hydrogen-bond acceptors (Lipinski definition) is 2. The standard InChI is InChI=1S/C29H25NO/c1-17-14-22-20-8-5-6-11-25(20)31-28(22)23(15-17)27-21-10-7-9-19-18(16-29(2,3)4)12-13-24(30-27)26(19)21/h5-15H,16H2,1-4H3/i13D. The maximum atomic E-state index is 8.75. The maximum Gasteiger partial charge on any atom is 0.144 e. The summed E-state index contributed by atoms with van der Waals surface area (Å²) in [5.74, 6) is 0. The van der Waals surface area contributed by atoms with Crippen LogP contribution < -0.4 is 0 Å². The van der Waals surface area contributed by atoms with Gasteiger partial charge in [-0.05, 0) is 59.5 Å². The van der Waals surface area contributed by atoms with E-state index < -0.39 is 0 Å². The third-order valence-electron chi connectivity index (χ3n) is 6.11. The molecule has 0 saturated heterocycles. The Kier molecular flexibility index (Phi) is 3.52. The Hall–Kier alpha value is -3.39. The molecule has 1 aliphatic heterocycles. The molecule has 2 heteroatoms. The third kappa shape index (κ3) is 2.82. The highest BCUT2D eigenvalue weighted by molar-refractivity contribution is 6.30. The van der Waals surface area contributed by atoms with E-state index in [0.717, 1.165) is 56.3 Å². The number of benzene rings is 4. The van der Waals surface area contributed by atoms with Gasteiger partial charge in [0.1, 0.15) is 11.2 Å². The highest BCUT2D eigenvalue weighted by Crippen LogP contribution is 2.42. The van der Waals surface area contributed by atoms with Gasteiger partial charge in [-0.25, -0.2) is 4.99 Å². The molecule has 0 radical (unpaired) electrons. The summed E-state index contributed by atoms with van der Waals surface area (Å²) >= 11 is 0. The molecule has 0 saturated carbocycles. The van der Waals surface area contributed by atoms with Crippen molar-refractivity contribution in [1.82, 2.24) is 0 Å². The summed E-state index contributed by atoms with van der Waals surface area (Å²) in [6.07, 6.45) is 0.923. The molecule has 152 valence electrons. The van der Waals surface area contributed by atoms with Gasteiger partial charge in [-0.2, -0.15) is 0 Å². The van der Waals surface area contributed by atoms with Gasteiger partial charge in [0.2, 0.25) is 0 Å². The second kappa shape index (κ2) is 6.31. The van der Waals surface area contributed by atoms with Crippen LogP contribution in [0.15, 0.2) is 76.1 Å². The summed E-state index contributed by atoms with van der Waals surface area (Å²) in [6.45, 7) is 8.85. The average Bonchev–Trinajstić information content (AvgIpc) is 3.30. The van der Waals surface area contributed by atoms with Crippen LogP contribution in [-0.2, 0) is 6.42 Å². The quantitative estimate of drug-likeness (QED) is 0.286. The molecule has 0 fully saturated rings. The topological polar surface area (TPSA) is 25.5 Å². The number of fused-ring (bicyclic) bond motifs is 3. The van der Waals surface area contributed by atoms with Crippen molar-refractivity contribution >= 4 is 44.1 Å². The molecular formula is C29H25NO. The number of rotatable bonds is 2.